The predicted octanol–water partition coefficient (Wildman–Crippen LogP) is 6.64. The molecule has 0 bridgehead atoms. The minimum absolute atomic E-state index is 0.617. The maximum atomic E-state index is 6.28. The molecule has 0 saturated heterocycles. The Morgan fingerprint density at radius 1 is 0.467 bits per heavy atom. The summed E-state index contributed by atoms with van der Waals surface area (Å²) in [6, 6.07) is 19.4. The highest BCUT2D eigenvalue weighted by molar-refractivity contribution is 6.36. The van der Waals surface area contributed by atoms with Gasteiger partial charge in [-0.15, -0.1) is 0 Å². The van der Waals surface area contributed by atoms with Gasteiger partial charge in [-0.3, -0.25) is 0 Å². The van der Waals surface area contributed by atoms with Crippen molar-refractivity contribution in [1.82, 2.24) is 0 Å². The van der Waals surface area contributed by atoms with E-state index in [4.69, 9.17) is 46.4 Å². The van der Waals surface area contributed by atoms with Crippen LogP contribution in [0.4, 0.5) is 0 Å². The molecule has 0 aliphatic heterocycles. The van der Waals surface area contributed by atoms with Crippen LogP contribution in [0.2, 0.25) is 20.1 Å². The lowest BCUT2D eigenvalue weighted by Crippen LogP contribution is -2.34. The Hall–Kier alpha value is -2.10. The Kier molecular flexibility index (Phi) is 6.60. The molecule has 150 valence electrons. The maximum absolute atomic E-state index is 6.28. The Balaban J connectivity index is 1.49. The third-order valence-electron chi connectivity index (χ3n) is 4.92. The third-order valence-corrected chi connectivity index (χ3v) is 6.34. The summed E-state index contributed by atoms with van der Waals surface area (Å²) < 4.78 is 4.11. The van der Waals surface area contributed by atoms with E-state index in [2.05, 4.69) is 33.4 Å². The van der Waals surface area contributed by atoms with E-state index in [0.717, 1.165) is 22.3 Å². The average Bonchev–Trinajstić information content (AvgIpc) is 2.75. The number of aromatic nitrogens is 2. The largest absolute Gasteiger partial charge is 0.201 e. The van der Waals surface area contributed by atoms with Crippen molar-refractivity contribution in [3.05, 3.63) is 117 Å². The molecular weight excluding hydrogens is 458 g/mol. The molecule has 2 heterocycles. The number of rotatable bonds is 5. The van der Waals surface area contributed by atoms with E-state index in [0.29, 0.717) is 33.2 Å². The molecule has 2 aromatic carbocycles. The first-order valence-corrected chi connectivity index (χ1v) is 10.9. The highest BCUT2D eigenvalue weighted by Crippen LogP contribution is 2.25. The zero-order valence-corrected chi connectivity index (χ0v) is 18.9. The van der Waals surface area contributed by atoms with Gasteiger partial charge < -0.3 is 0 Å². The lowest BCUT2D eigenvalue weighted by molar-refractivity contribution is -0.688. The van der Waals surface area contributed by atoms with Gasteiger partial charge in [0, 0.05) is 24.3 Å². The van der Waals surface area contributed by atoms with E-state index in [1.807, 2.05) is 61.2 Å². The molecule has 0 aliphatic rings. The monoisotopic (exact) mass is 474 g/mol. The first kappa shape index (κ1) is 21.1. The van der Waals surface area contributed by atoms with Crippen molar-refractivity contribution in [3.8, 4) is 11.1 Å². The Bertz CT molecular complexity index is 1040. The summed E-state index contributed by atoms with van der Waals surface area (Å²) >= 11 is 25.1. The number of benzene rings is 2. The van der Waals surface area contributed by atoms with Gasteiger partial charge in [0.25, 0.3) is 0 Å². The molecule has 0 fully saturated rings. The van der Waals surface area contributed by atoms with Gasteiger partial charge >= 0.3 is 0 Å². The normalized spacial score (nSPS) is 10.9. The van der Waals surface area contributed by atoms with E-state index in [1.54, 1.807) is 0 Å². The standard InChI is InChI=1S/C24H18Cl4N2/c25-21-3-1-4-22(26)19(21)15-29-11-7-17(8-12-29)18-9-13-30(14-10-18)16-20-23(27)5-2-6-24(20)28/h1-14H,15-16H2/q+2. The van der Waals surface area contributed by atoms with Crippen LogP contribution in [0, 0.1) is 0 Å². The van der Waals surface area contributed by atoms with E-state index in [1.165, 1.54) is 0 Å². The van der Waals surface area contributed by atoms with Gasteiger partial charge in [0.1, 0.15) is 0 Å². The van der Waals surface area contributed by atoms with Gasteiger partial charge in [0.2, 0.25) is 0 Å². The van der Waals surface area contributed by atoms with E-state index in [-0.39, 0.29) is 0 Å². The minimum Gasteiger partial charge on any atom is -0.201 e. The molecule has 0 spiro atoms. The Labute approximate surface area is 195 Å². The number of hydrogen-bond acceptors (Lipinski definition) is 0. The fourth-order valence-electron chi connectivity index (χ4n) is 3.24. The predicted molar refractivity (Wildman–Crippen MR) is 123 cm³/mol. The second-order valence-corrected chi connectivity index (χ2v) is 8.55. The first-order chi connectivity index (χ1) is 14.5. The van der Waals surface area contributed by atoms with Crippen molar-refractivity contribution in [3.63, 3.8) is 0 Å². The van der Waals surface area contributed by atoms with E-state index < -0.39 is 0 Å². The first-order valence-electron chi connectivity index (χ1n) is 9.35. The lowest BCUT2D eigenvalue weighted by Gasteiger charge is -2.05. The fourth-order valence-corrected chi connectivity index (χ4v) is 4.28. The maximum Gasteiger partial charge on any atom is 0.176 e. The van der Waals surface area contributed by atoms with Crippen LogP contribution < -0.4 is 9.13 Å². The number of pyridine rings is 2. The lowest BCUT2D eigenvalue weighted by atomic mass is 10.1. The van der Waals surface area contributed by atoms with Gasteiger partial charge in [-0.1, -0.05) is 58.5 Å². The van der Waals surface area contributed by atoms with Crippen LogP contribution in [-0.2, 0) is 13.1 Å². The van der Waals surface area contributed by atoms with Gasteiger partial charge in [-0.2, -0.15) is 0 Å². The fraction of sp³-hybridized carbons (Fsp3) is 0.0833. The molecule has 0 aliphatic carbocycles. The minimum atomic E-state index is 0.617. The second-order valence-electron chi connectivity index (χ2n) is 6.92. The second kappa shape index (κ2) is 9.36. The van der Waals surface area contributed by atoms with Crippen LogP contribution in [0.5, 0.6) is 0 Å². The summed E-state index contributed by atoms with van der Waals surface area (Å²) in [5.74, 6) is 0. The molecule has 2 aromatic heterocycles. The van der Waals surface area contributed by atoms with Crippen molar-refractivity contribution < 1.29 is 9.13 Å². The molecule has 6 heteroatoms. The average molecular weight is 476 g/mol. The summed E-state index contributed by atoms with van der Waals surface area (Å²) in [5, 5.41) is 2.69. The van der Waals surface area contributed by atoms with E-state index in [9.17, 15) is 0 Å². The van der Waals surface area contributed by atoms with Gasteiger partial charge in [0.05, 0.1) is 31.2 Å². The van der Waals surface area contributed by atoms with Crippen LogP contribution in [0.1, 0.15) is 11.1 Å². The van der Waals surface area contributed by atoms with Gasteiger partial charge in [-0.25, -0.2) is 9.13 Å². The topological polar surface area (TPSA) is 7.76 Å². The number of hydrogen-bond donors (Lipinski definition) is 0. The summed E-state index contributed by atoms with van der Waals surface area (Å²) in [6.45, 7) is 1.23. The highest BCUT2D eigenvalue weighted by Gasteiger charge is 2.13. The van der Waals surface area contributed by atoms with Crippen molar-refractivity contribution in [2.45, 2.75) is 13.1 Å². The van der Waals surface area contributed by atoms with Gasteiger partial charge in [0.15, 0.2) is 37.9 Å². The smallest absolute Gasteiger partial charge is 0.176 e. The van der Waals surface area contributed by atoms with Crippen LogP contribution in [0.25, 0.3) is 11.1 Å². The highest BCUT2D eigenvalue weighted by atomic mass is 35.5. The van der Waals surface area contributed by atoms with Crippen LogP contribution >= 0.6 is 46.4 Å². The summed E-state index contributed by atoms with van der Waals surface area (Å²) in [6.07, 6.45) is 8.11. The molecular formula is C24H18Cl4N2+2. The molecule has 0 radical (unpaired) electrons. The quantitative estimate of drug-likeness (QED) is 0.286. The van der Waals surface area contributed by atoms with Crippen molar-refractivity contribution in [1.29, 1.82) is 0 Å². The van der Waals surface area contributed by atoms with Crippen LogP contribution in [0.3, 0.4) is 0 Å². The zero-order valence-electron chi connectivity index (χ0n) is 15.9. The van der Waals surface area contributed by atoms with Crippen molar-refractivity contribution >= 4 is 46.4 Å². The molecule has 0 N–H and O–H groups in total. The SMILES string of the molecule is Clc1cccc(Cl)c1C[n+]1ccc(-c2cc[n+](Cc3c(Cl)cccc3Cl)cc2)cc1. The van der Waals surface area contributed by atoms with Crippen molar-refractivity contribution in [2.75, 3.05) is 0 Å². The molecule has 2 nitrogen and oxygen atoms in total. The summed E-state index contributed by atoms with van der Waals surface area (Å²) in [7, 11) is 0. The molecule has 30 heavy (non-hydrogen) atoms. The molecule has 0 atom stereocenters. The van der Waals surface area contributed by atoms with Crippen LogP contribution in [-0.4, -0.2) is 0 Å². The molecule has 4 rings (SSSR count). The molecule has 4 aromatic rings. The Morgan fingerprint density at radius 3 is 1.07 bits per heavy atom. The van der Waals surface area contributed by atoms with Crippen LogP contribution in [0.15, 0.2) is 85.5 Å². The number of halogens is 4. The zero-order chi connectivity index (χ0) is 21.1. The molecule has 0 saturated carbocycles. The summed E-state index contributed by atoms with van der Waals surface area (Å²) in [4.78, 5) is 0. The Morgan fingerprint density at radius 2 is 0.767 bits per heavy atom. The molecule has 0 unspecified atom stereocenters. The van der Waals surface area contributed by atoms with Crippen molar-refractivity contribution in [2.24, 2.45) is 0 Å². The molecule has 0 amide bonds. The van der Waals surface area contributed by atoms with Gasteiger partial charge in [-0.05, 0) is 35.4 Å². The van der Waals surface area contributed by atoms with E-state index >= 15 is 0 Å². The third kappa shape index (κ3) is 4.79. The number of nitrogens with zero attached hydrogens (tertiary/aromatic N) is 2. The summed E-state index contributed by atoms with van der Waals surface area (Å²) in [5.41, 5.74) is 4.08.